The van der Waals surface area contributed by atoms with E-state index in [1.165, 1.54) is 0 Å². The number of ether oxygens (including phenoxy) is 2. The third-order valence-electron chi connectivity index (χ3n) is 4.15. The standard InChI is InChI=1S/C19H24O4/c1-5-13-9-17(21)14(10-19(13)23-4)7-15-8-16(11-20)12(2)6-18(15)22-3/h6,8-10,20-21H,5,7,11H2,1-4H3. The number of hydrogen-bond acceptors (Lipinski definition) is 4. The van der Waals surface area contributed by atoms with Gasteiger partial charge in [-0.2, -0.15) is 0 Å². The summed E-state index contributed by atoms with van der Waals surface area (Å²) in [5, 5.41) is 19.8. The minimum absolute atomic E-state index is 0.0209. The maximum absolute atomic E-state index is 10.3. The molecule has 0 aliphatic heterocycles. The van der Waals surface area contributed by atoms with Crippen LogP contribution < -0.4 is 9.47 Å². The maximum Gasteiger partial charge on any atom is 0.122 e. The van der Waals surface area contributed by atoms with Crippen molar-refractivity contribution in [3.05, 3.63) is 52.1 Å². The summed E-state index contributed by atoms with van der Waals surface area (Å²) in [4.78, 5) is 0. The fourth-order valence-corrected chi connectivity index (χ4v) is 2.74. The van der Waals surface area contributed by atoms with Crippen LogP contribution in [0.4, 0.5) is 0 Å². The Kier molecular flexibility index (Phi) is 5.50. The molecule has 0 amide bonds. The SMILES string of the molecule is CCc1cc(O)c(Cc2cc(CO)c(C)cc2OC)cc1OC. The Morgan fingerprint density at radius 3 is 2.09 bits per heavy atom. The van der Waals surface area contributed by atoms with E-state index >= 15 is 0 Å². The number of methoxy groups -OCH3 is 2. The van der Waals surface area contributed by atoms with Crippen molar-refractivity contribution in [2.24, 2.45) is 0 Å². The quantitative estimate of drug-likeness (QED) is 0.858. The Morgan fingerprint density at radius 2 is 1.52 bits per heavy atom. The number of aliphatic hydroxyl groups is 1. The summed E-state index contributed by atoms with van der Waals surface area (Å²) < 4.78 is 10.9. The second-order valence-corrected chi connectivity index (χ2v) is 5.57. The molecule has 0 fully saturated rings. The van der Waals surface area contributed by atoms with Gasteiger partial charge >= 0.3 is 0 Å². The first-order chi connectivity index (χ1) is 11.0. The van der Waals surface area contributed by atoms with E-state index in [-0.39, 0.29) is 12.4 Å². The van der Waals surface area contributed by atoms with Crippen molar-refractivity contribution >= 4 is 0 Å². The smallest absolute Gasteiger partial charge is 0.122 e. The summed E-state index contributed by atoms with van der Waals surface area (Å²) in [6.45, 7) is 3.94. The number of phenols is 1. The number of hydrogen-bond donors (Lipinski definition) is 2. The van der Waals surface area contributed by atoms with Crippen molar-refractivity contribution in [3.63, 3.8) is 0 Å². The summed E-state index contributed by atoms with van der Waals surface area (Å²) in [5.41, 5.74) is 4.50. The predicted molar refractivity (Wildman–Crippen MR) is 90.5 cm³/mol. The van der Waals surface area contributed by atoms with Crippen LogP contribution in [0.3, 0.4) is 0 Å². The normalized spacial score (nSPS) is 10.7. The highest BCUT2D eigenvalue weighted by molar-refractivity contribution is 5.50. The first-order valence-electron chi connectivity index (χ1n) is 7.70. The van der Waals surface area contributed by atoms with Gasteiger partial charge in [0.25, 0.3) is 0 Å². The Labute approximate surface area is 137 Å². The largest absolute Gasteiger partial charge is 0.508 e. The average Bonchev–Trinajstić information content (AvgIpc) is 2.57. The molecular formula is C19H24O4. The number of aryl methyl sites for hydroxylation is 2. The van der Waals surface area contributed by atoms with Gasteiger partial charge < -0.3 is 19.7 Å². The van der Waals surface area contributed by atoms with Gasteiger partial charge in [0, 0.05) is 12.0 Å². The summed E-state index contributed by atoms with van der Waals surface area (Å²) in [6.07, 6.45) is 1.29. The number of aromatic hydroxyl groups is 1. The molecule has 0 heterocycles. The van der Waals surface area contributed by atoms with Gasteiger partial charge in [-0.05, 0) is 59.9 Å². The molecule has 0 saturated carbocycles. The Hall–Kier alpha value is -2.20. The van der Waals surface area contributed by atoms with E-state index in [4.69, 9.17) is 9.47 Å². The van der Waals surface area contributed by atoms with E-state index in [0.29, 0.717) is 6.42 Å². The van der Waals surface area contributed by atoms with Gasteiger partial charge in [-0.25, -0.2) is 0 Å². The second kappa shape index (κ2) is 7.38. The molecule has 23 heavy (non-hydrogen) atoms. The third kappa shape index (κ3) is 3.59. The highest BCUT2D eigenvalue weighted by Crippen LogP contribution is 2.33. The fourth-order valence-electron chi connectivity index (χ4n) is 2.74. The molecule has 124 valence electrons. The summed E-state index contributed by atoms with van der Waals surface area (Å²) in [5.74, 6) is 1.77. The minimum Gasteiger partial charge on any atom is -0.508 e. The van der Waals surface area contributed by atoms with E-state index in [9.17, 15) is 10.2 Å². The zero-order valence-electron chi connectivity index (χ0n) is 14.1. The number of rotatable bonds is 6. The molecule has 0 bridgehead atoms. The van der Waals surface area contributed by atoms with Crippen molar-refractivity contribution < 1.29 is 19.7 Å². The van der Waals surface area contributed by atoms with Gasteiger partial charge in [-0.3, -0.25) is 0 Å². The molecule has 0 atom stereocenters. The number of aliphatic hydroxyl groups excluding tert-OH is 1. The van der Waals surface area contributed by atoms with Crippen molar-refractivity contribution in [1.82, 2.24) is 0 Å². The van der Waals surface area contributed by atoms with E-state index in [1.54, 1.807) is 20.3 Å². The molecule has 4 heteroatoms. The molecule has 2 N–H and O–H groups in total. The maximum atomic E-state index is 10.3. The lowest BCUT2D eigenvalue weighted by Gasteiger charge is -2.15. The lowest BCUT2D eigenvalue weighted by Crippen LogP contribution is -2.00. The molecular weight excluding hydrogens is 292 g/mol. The molecule has 0 radical (unpaired) electrons. The Bertz CT molecular complexity index is 692. The summed E-state index contributed by atoms with van der Waals surface area (Å²) in [7, 11) is 3.25. The first kappa shape index (κ1) is 17.2. The average molecular weight is 316 g/mol. The van der Waals surface area contributed by atoms with Crippen LogP contribution in [0.15, 0.2) is 24.3 Å². The van der Waals surface area contributed by atoms with Crippen molar-refractivity contribution in [2.75, 3.05) is 14.2 Å². The number of phenolic OH excluding ortho intramolecular Hbond substituents is 1. The van der Waals surface area contributed by atoms with Crippen molar-refractivity contribution in [3.8, 4) is 17.2 Å². The third-order valence-corrected chi connectivity index (χ3v) is 4.15. The van der Waals surface area contributed by atoms with Crippen LogP contribution in [0, 0.1) is 6.92 Å². The highest BCUT2D eigenvalue weighted by Gasteiger charge is 2.13. The Balaban J connectivity index is 2.46. The molecule has 0 spiro atoms. The number of benzene rings is 2. The van der Waals surface area contributed by atoms with Crippen LogP contribution >= 0.6 is 0 Å². The van der Waals surface area contributed by atoms with Crippen LogP contribution in [0.1, 0.15) is 34.7 Å². The van der Waals surface area contributed by atoms with Crippen LogP contribution in [0.2, 0.25) is 0 Å². The zero-order valence-corrected chi connectivity index (χ0v) is 14.1. The van der Waals surface area contributed by atoms with Crippen molar-refractivity contribution in [1.29, 1.82) is 0 Å². The molecule has 0 aliphatic carbocycles. The van der Waals surface area contributed by atoms with Gasteiger partial charge in [0.05, 0.1) is 20.8 Å². The highest BCUT2D eigenvalue weighted by atomic mass is 16.5. The van der Waals surface area contributed by atoms with Crippen LogP contribution in [0.25, 0.3) is 0 Å². The molecule has 2 rings (SSSR count). The molecule has 2 aromatic rings. The second-order valence-electron chi connectivity index (χ2n) is 5.57. The predicted octanol–water partition coefficient (Wildman–Crippen LogP) is 3.36. The topological polar surface area (TPSA) is 58.9 Å². The van der Waals surface area contributed by atoms with Gasteiger partial charge in [0.1, 0.15) is 17.2 Å². The lowest BCUT2D eigenvalue weighted by molar-refractivity contribution is 0.280. The molecule has 0 aromatic heterocycles. The van der Waals surface area contributed by atoms with Gasteiger partial charge in [-0.15, -0.1) is 0 Å². The van der Waals surface area contributed by atoms with E-state index in [0.717, 1.165) is 45.7 Å². The summed E-state index contributed by atoms with van der Waals surface area (Å²) >= 11 is 0. The first-order valence-corrected chi connectivity index (χ1v) is 7.70. The molecule has 4 nitrogen and oxygen atoms in total. The molecule has 0 unspecified atom stereocenters. The fraction of sp³-hybridized carbons (Fsp3) is 0.368. The van der Waals surface area contributed by atoms with Crippen molar-refractivity contribution in [2.45, 2.75) is 33.3 Å². The van der Waals surface area contributed by atoms with Crippen LogP contribution in [-0.4, -0.2) is 24.4 Å². The monoisotopic (exact) mass is 316 g/mol. The lowest BCUT2D eigenvalue weighted by atomic mass is 9.97. The van der Waals surface area contributed by atoms with E-state index in [2.05, 4.69) is 0 Å². The summed E-state index contributed by atoms with van der Waals surface area (Å²) in [6, 6.07) is 7.46. The Morgan fingerprint density at radius 1 is 0.870 bits per heavy atom. The van der Waals surface area contributed by atoms with E-state index in [1.807, 2.05) is 32.0 Å². The zero-order chi connectivity index (χ0) is 17.0. The van der Waals surface area contributed by atoms with Gasteiger partial charge in [-0.1, -0.05) is 6.92 Å². The minimum atomic E-state index is -0.0209. The van der Waals surface area contributed by atoms with Crippen LogP contribution in [0.5, 0.6) is 17.2 Å². The van der Waals surface area contributed by atoms with E-state index < -0.39 is 0 Å². The molecule has 2 aromatic carbocycles. The molecule has 0 saturated heterocycles. The van der Waals surface area contributed by atoms with Gasteiger partial charge in [0.2, 0.25) is 0 Å². The van der Waals surface area contributed by atoms with Gasteiger partial charge in [0.15, 0.2) is 0 Å². The molecule has 0 aliphatic rings. The van der Waals surface area contributed by atoms with Crippen LogP contribution in [-0.2, 0) is 19.4 Å².